The van der Waals surface area contributed by atoms with Gasteiger partial charge in [-0.1, -0.05) is 13.8 Å². The van der Waals surface area contributed by atoms with Crippen molar-refractivity contribution in [2.75, 3.05) is 33.7 Å². The van der Waals surface area contributed by atoms with E-state index < -0.39 is 0 Å². The van der Waals surface area contributed by atoms with Gasteiger partial charge in [0.25, 0.3) is 0 Å². The molecule has 0 aromatic rings. The minimum absolute atomic E-state index is 0.212. The molecule has 4 nitrogen and oxygen atoms in total. The van der Waals surface area contributed by atoms with Crippen LogP contribution in [0, 0.1) is 11.8 Å². The topological polar surface area (TPSA) is 44.4 Å². The van der Waals surface area contributed by atoms with Crippen LogP contribution in [0.25, 0.3) is 0 Å². The highest BCUT2D eigenvalue weighted by molar-refractivity contribution is 5.76. The van der Waals surface area contributed by atoms with Crippen LogP contribution in [-0.4, -0.2) is 50.6 Å². The van der Waals surface area contributed by atoms with Crippen molar-refractivity contribution in [3.8, 4) is 0 Å². The number of carbonyl (C=O) groups is 1. The molecule has 0 aromatic heterocycles. The van der Waals surface area contributed by atoms with Crippen LogP contribution in [0.4, 0.5) is 0 Å². The van der Waals surface area contributed by atoms with Crippen molar-refractivity contribution in [2.45, 2.75) is 39.2 Å². The van der Waals surface area contributed by atoms with Crippen molar-refractivity contribution in [3.05, 3.63) is 0 Å². The van der Waals surface area contributed by atoms with E-state index in [9.17, 15) is 4.79 Å². The fourth-order valence-corrected chi connectivity index (χ4v) is 2.44. The fourth-order valence-electron chi connectivity index (χ4n) is 2.44. The van der Waals surface area contributed by atoms with Gasteiger partial charge in [0.2, 0.25) is 5.91 Å². The average molecular weight is 255 g/mol. The molecule has 2 unspecified atom stereocenters. The molecule has 0 bridgehead atoms. The maximum Gasteiger partial charge on any atom is 0.220 e. The van der Waals surface area contributed by atoms with Crippen molar-refractivity contribution in [1.82, 2.24) is 15.5 Å². The lowest BCUT2D eigenvalue weighted by atomic mass is 9.95. The first-order valence-corrected chi connectivity index (χ1v) is 7.14. The molecule has 1 fully saturated rings. The predicted octanol–water partition coefficient (Wildman–Crippen LogP) is 1.08. The smallest absolute Gasteiger partial charge is 0.220 e. The summed E-state index contributed by atoms with van der Waals surface area (Å²) >= 11 is 0. The van der Waals surface area contributed by atoms with Gasteiger partial charge in [0.05, 0.1) is 0 Å². The zero-order chi connectivity index (χ0) is 13.5. The Labute approximate surface area is 111 Å². The molecule has 1 rings (SSSR count). The van der Waals surface area contributed by atoms with E-state index in [4.69, 9.17) is 0 Å². The van der Waals surface area contributed by atoms with E-state index in [0.717, 1.165) is 19.6 Å². The van der Waals surface area contributed by atoms with Crippen LogP contribution in [0.2, 0.25) is 0 Å². The number of hydrogen-bond donors (Lipinski definition) is 2. The third-order valence-corrected chi connectivity index (χ3v) is 3.59. The van der Waals surface area contributed by atoms with E-state index in [-0.39, 0.29) is 11.9 Å². The molecule has 2 atom stereocenters. The van der Waals surface area contributed by atoms with Gasteiger partial charge >= 0.3 is 0 Å². The molecule has 4 heteroatoms. The predicted molar refractivity (Wildman–Crippen MR) is 75.5 cm³/mol. The SMILES string of the molecule is CC(C)C(CN(C)C)NC(=O)CC1CCCNC1. The molecule has 1 aliphatic rings. The maximum absolute atomic E-state index is 12.1. The summed E-state index contributed by atoms with van der Waals surface area (Å²) in [7, 11) is 4.10. The van der Waals surface area contributed by atoms with Gasteiger partial charge in [-0.05, 0) is 51.9 Å². The molecule has 0 spiro atoms. The second-order valence-corrected chi connectivity index (χ2v) is 6.10. The summed E-state index contributed by atoms with van der Waals surface area (Å²) in [5, 5.41) is 6.55. The van der Waals surface area contributed by atoms with Crippen LogP contribution in [0.1, 0.15) is 33.1 Å². The molecule has 1 aliphatic heterocycles. The Morgan fingerprint density at radius 2 is 2.17 bits per heavy atom. The summed E-state index contributed by atoms with van der Waals surface area (Å²) in [5.74, 6) is 1.20. The molecule has 1 amide bonds. The summed E-state index contributed by atoms with van der Waals surface area (Å²) in [6.07, 6.45) is 3.05. The molecule has 0 radical (unpaired) electrons. The van der Waals surface area contributed by atoms with Crippen molar-refractivity contribution >= 4 is 5.91 Å². The summed E-state index contributed by atoms with van der Waals surface area (Å²) in [4.78, 5) is 14.2. The van der Waals surface area contributed by atoms with Gasteiger partial charge in [0.15, 0.2) is 0 Å². The van der Waals surface area contributed by atoms with E-state index >= 15 is 0 Å². The number of nitrogens with one attached hydrogen (secondary N) is 2. The molecule has 0 aliphatic carbocycles. The fraction of sp³-hybridized carbons (Fsp3) is 0.929. The molecule has 18 heavy (non-hydrogen) atoms. The second-order valence-electron chi connectivity index (χ2n) is 6.10. The molecule has 1 saturated heterocycles. The standard InChI is InChI=1S/C14H29N3O/c1-11(2)13(10-17(3)4)16-14(18)8-12-6-5-7-15-9-12/h11-13,15H,5-10H2,1-4H3,(H,16,18). The zero-order valence-corrected chi connectivity index (χ0v) is 12.3. The minimum atomic E-state index is 0.212. The van der Waals surface area contributed by atoms with Gasteiger partial charge in [-0.25, -0.2) is 0 Å². The van der Waals surface area contributed by atoms with Crippen LogP contribution >= 0.6 is 0 Å². The van der Waals surface area contributed by atoms with Crippen LogP contribution in [0.5, 0.6) is 0 Å². The number of likely N-dealkylation sites (N-methyl/N-ethyl adjacent to an activating group) is 1. The number of piperidine rings is 1. The molecule has 2 N–H and O–H groups in total. The second kappa shape index (κ2) is 7.74. The average Bonchev–Trinajstić information content (AvgIpc) is 2.28. The third-order valence-electron chi connectivity index (χ3n) is 3.59. The lowest BCUT2D eigenvalue weighted by molar-refractivity contribution is -0.123. The van der Waals surface area contributed by atoms with E-state index in [2.05, 4.69) is 29.4 Å². The van der Waals surface area contributed by atoms with Crippen LogP contribution in [-0.2, 0) is 4.79 Å². The van der Waals surface area contributed by atoms with Gasteiger partial charge in [0.1, 0.15) is 0 Å². The molecular formula is C14H29N3O. The normalized spacial score (nSPS) is 22.2. The zero-order valence-electron chi connectivity index (χ0n) is 12.3. The lowest BCUT2D eigenvalue weighted by Crippen LogP contribution is -2.46. The quantitative estimate of drug-likeness (QED) is 0.746. The third kappa shape index (κ3) is 5.83. The highest BCUT2D eigenvalue weighted by atomic mass is 16.1. The largest absolute Gasteiger partial charge is 0.352 e. The van der Waals surface area contributed by atoms with E-state index in [1.165, 1.54) is 12.8 Å². The Morgan fingerprint density at radius 1 is 1.44 bits per heavy atom. The molecule has 0 saturated carbocycles. The first-order valence-electron chi connectivity index (χ1n) is 7.14. The number of carbonyl (C=O) groups excluding carboxylic acids is 1. The van der Waals surface area contributed by atoms with Gasteiger partial charge in [0, 0.05) is 19.0 Å². The number of rotatable bonds is 6. The molecular weight excluding hydrogens is 226 g/mol. The number of amides is 1. The van der Waals surface area contributed by atoms with Crippen LogP contribution in [0.3, 0.4) is 0 Å². The number of nitrogens with zero attached hydrogens (tertiary/aromatic N) is 1. The highest BCUT2D eigenvalue weighted by Gasteiger charge is 2.20. The first-order chi connectivity index (χ1) is 8.49. The monoisotopic (exact) mass is 255 g/mol. The van der Waals surface area contributed by atoms with E-state index in [1.807, 2.05) is 14.1 Å². The van der Waals surface area contributed by atoms with Gasteiger partial charge in [-0.2, -0.15) is 0 Å². The Hall–Kier alpha value is -0.610. The first kappa shape index (κ1) is 15.4. The van der Waals surface area contributed by atoms with Crippen molar-refractivity contribution in [2.24, 2.45) is 11.8 Å². The van der Waals surface area contributed by atoms with Gasteiger partial charge in [-0.3, -0.25) is 4.79 Å². The molecule has 1 heterocycles. The maximum atomic E-state index is 12.1. The molecule has 106 valence electrons. The van der Waals surface area contributed by atoms with E-state index in [0.29, 0.717) is 18.3 Å². The minimum Gasteiger partial charge on any atom is -0.352 e. The Morgan fingerprint density at radius 3 is 2.67 bits per heavy atom. The Bertz CT molecular complexity index is 247. The van der Waals surface area contributed by atoms with Gasteiger partial charge in [-0.15, -0.1) is 0 Å². The van der Waals surface area contributed by atoms with Gasteiger partial charge < -0.3 is 15.5 Å². The highest BCUT2D eigenvalue weighted by Crippen LogP contribution is 2.14. The van der Waals surface area contributed by atoms with Crippen molar-refractivity contribution in [1.29, 1.82) is 0 Å². The van der Waals surface area contributed by atoms with Crippen molar-refractivity contribution < 1.29 is 4.79 Å². The van der Waals surface area contributed by atoms with E-state index in [1.54, 1.807) is 0 Å². The van der Waals surface area contributed by atoms with Crippen LogP contribution in [0.15, 0.2) is 0 Å². The summed E-state index contributed by atoms with van der Waals surface area (Å²) in [6, 6.07) is 0.254. The number of hydrogen-bond acceptors (Lipinski definition) is 3. The lowest BCUT2D eigenvalue weighted by Gasteiger charge is -2.27. The summed E-state index contributed by atoms with van der Waals surface area (Å²) in [5.41, 5.74) is 0. The Kier molecular flexibility index (Phi) is 6.65. The summed E-state index contributed by atoms with van der Waals surface area (Å²) < 4.78 is 0. The molecule has 0 aromatic carbocycles. The summed E-state index contributed by atoms with van der Waals surface area (Å²) in [6.45, 7) is 7.33. The van der Waals surface area contributed by atoms with Crippen molar-refractivity contribution in [3.63, 3.8) is 0 Å². The van der Waals surface area contributed by atoms with Crippen LogP contribution < -0.4 is 10.6 Å². The Balaban J connectivity index is 2.35.